The molecule has 0 fully saturated rings. The van der Waals surface area contributed by atoms with Gasteiger partial charge in [-0.1, -0.05) is 31.5 Å². The van der Waals surface area contributed by atoms with Crippen LogP contribution < -0.4 is 0 Å². The summed E-state index contributed by atoms with van der Waals surface area (Å²) in [5.74, 6) is -1.35. The van der Waals surface area contributed by atoms with Crippen molar-refractivity contribution in [2.75, 3.05) is 19.1 Å². The van der Waals surface area contributed by atoms with E-state index >= 15 is 0 Å². The molecule has 144 valence electrons. The van der Waals surface area contributed by atoms with Crippen molar-refractivity contribution >= 4 is 27.2 Å². The molecule has 1 aromatic rings. The maximum absolute atomic E-state index is 12.8. The van der Waals surface area contributed by atoms with Crippen LogP contribution in [0.5, 0.6) is 0 Å². The van der Waals surface area contributed by atoms with Gasteiger partial charge < -0.3 is 0 Å². The number of nitrogens with zero attached hydrogens (tertiary/aromatic N) is 2. The summed E-state index contributed by atoms with van der Waals surface area (Å²) in [4.78, 5) is 25.4. The van der Waals surface area contributed by atoms with E-state index in [4.69, 9.17) is 0 Å². The molecule has 6 nitrogen and oxygen atoms in total. The summed E-state index contributed by atoms with van der Waals surface area (Å²) >= 11 is 0. The van der Waals surface area contributed by atoms with Crippen molar-refractivity contribution in [1.29, 1.82) is 0 Å². The maximum atomic E-state index is 12.8. The second kappa shape index (κ2) is 9.07. The fourth-order valence-electron chi connectivity index (χ4n) is 2.73. The van der Waals surface area contributed by atoms with Crippen molar-refractivity contribution in [3.63, 3.8) is 0 Å². The van der Waals surface area contributed by atoms with Crippen molar-refractivity contribution in [3.05, 3.63) is 34.4 Å². The van der Waals surface area contributed by atoms with Crippen molar-refractivity contribution in [3.8, 4) is 0 Å². The summed E-state index contributed by atoms with van der Waals surface area (Å²) in [7, 11) is -1.70. The topological polar surface area (TPSA) is 83.9 Å². The molecular weight excluding hydrogens is 352 g/mol. The third kappa shape index (κ3) is 6.05. The minimum absolute atomic E-state index is 0.0454. The Morgan fingerprint density at radius 3 is 2.04 bits per heavy atom. The first kappa shape index (κ1) is 22.0. The van der Waals surface area contributed by atoms with Crippen LogP contribution in [-0.4, -0.2) is 49.9 Å². The molecule has 0 aliphatic carbocycles. The van der Waals surface area contributed by atoms with E-state index in [2.05, 4.69) is 5.10 Å². The van der Waals surface area contributed by atoms with Crippen LogP contribution in [0.15, 0.2) is 17.2 Å². The van der Waals surface area contributed by atoms with E-state index < -0.39 is 21.5 Å². The Kier molecular flexibility index (Phi) is 7.68. The quantitative estimate of drug-likeness (QED) is 0.300. The average Bonchev–Trinajstić information content (AvgIpc) is 2.56. The predicted octanol–water partition coefficient (Wildman–Crippen LogP) is 2.57. The summed E-state index contributed by atoms with van der Waals surface area (Å²) in [5.41, 5.74) is 3.71. The van der Waals surface area contributed by atoms with Gasteiger partial charge in [0.1, 0.15) is 9.84 Å². The molecule has 0 N–H and O–H groups in total. The van der Waals surface area contributed by atoms with Gasteiger partial charge in [0.2, 0.25) is 0 Å². The molecule has 0 aliphatic heterocycles. The van der Waals surface area contributed by atoms with E-state index in [1.54, 1.807) is 6.92 Å². The van der Waals surface area contributed by atoms with Gasteiger partial charge in [0.15, 0.2) is 0 Å². The molecule has 0 saturated carbocycles. The van der Waals surface area contributed by atoms with E-state index in [1.807, 2.05) is 32.9 Å². The van der Waals surface area contributed by atoms with Crippen molar-refractivity contribution < 1.29 is 18.0 Å². The summed E-state index contributed by atoms with van der Waals surface area (Å²) in [5, 5.41) is 5.07. The van der Waals surface area contributed by atoms with Gasteiger partial charge >= 0.3 is 5.91 Å². The Morgan fingerprint density at radius 2 is 1.62 bits per heavy atom. The van der Waals surface area contributed by atoms with Crippen LogP contribution >= 0.6 is 0 Å². The number of carbonyl (C=O) groups is 2. The van der Waals surface area contributed by atoms with Gasteiger partial charge in [-0.3, -0.25) is 9.59 Å². The van der Waals surface area contributed by atoms with Gasteiger partial charge in [-0.05, 0) is 37.8 Å². The summed E-state index contributed by atoms with van der Waals surface area (Å²) in [6.07, 6.45) is 2.68. The second-order valence-corrected chi connectivity index (χ2v) is 8.80. The number of hydrogen-bond donors (Lipinski definition) is 0. The summed E-state index contributed by atoms with van der Waals surface area (Å²) in [6, 6.07) is 3.86. The number of likely N-dealkylation sites (N-methyl/N-ethyl adjacent to an activating group) is 1. The third-order valence-corrected chi connectivity index (χ3v) is 5.02. The number of ketones is 1. The highest BCUT2D eigenvalue weighted by atomic mass is 32.2. The van der Waals surface area contributed by atoms with E-state index in [9.17, 15) is 18.0 Å². The minimum atomic E-state index is -3.11. The highest BCUT2D eigenvalue weighted by molar-refractivity contribution is 7.90. The molecule has 1 amide bonds. The first-order chi connectivity index (χ1) is 12.0. The van der Waals surface area contributed by atoms with Gasteiger partial charge in [0.25, 0.3) is 5.78 Å². The number of sulfone groups is 1. The van der Waals surface area contributed by atoms with Crippen LogP contribution in [0.4, 0.5) is 0 Å². The SMILES string of the molecule is CCc1cc(C)cc(CC)c1C(=O)C(=O)N(C)/N=C(/C)CCS(C)(=O)=O. The van der Waals surface area contributed by atoms with Gasteiger partial charge in [-0.2, -0.15) is 5.10 Å². The van der Waals surface area contributed by atoms with Crippen LogP contribution in [0.1, 0.15) is 54.2 Å². The highest BCUT2D eigenvalue weighted by Gasteiger charge is 2.25. The Labute approximate surface area is 156 Å². The average molecular weight is 381 g/mol. The Hall–Kier alpha value is -2.02. The number of carbonyl (C=O) groups excluding carboxylic acids is 2. The lowest BCUT2D eigenvalue weighted by molar-refractivity contribution is -0.125. The van der Waals surface area contributed by atoms with Gasteiger partial charge in [0.05, 0.1) is 5.75 Å². The number of amides is 1. The standard InChI is InChI=1S/C19H28N2O4S/c1-7-15-11-13(3)12-16(8-2)17(15)18(22)19(23)21(5)20-14(4)9-10-26(6,24)25/h11-12H,7-10H2,1-6H3/b20-14-. The lowest BCUT2D eigenvalue weighted by atomic mass is 9.92. The van der Waals surface area contributed by atoms with Crippen molar-refractivity contribution in [2.45, 2.75) is 47.0 Å². The molecule has 0 unspecified atom stereocenters. The van der Waals surface area contributed by atoms with Crippen LogP contribution in [-0.2, 0) is 27.5 Å². The fourth-order valence-corrected chi connectivity index (χ4v) is 3.40. The molecule has 0 aliphatic rings. The number of hydrazone groups is 1. The second-order valence-electron chi connectivity index (χ2n) is 6.54. The zero-order valence-electron chi connectivity index (χ0n) is 16.4. The third-order valence-electron chi connectivity index (χ3n) is 4.08. The first-order valence-electron chi connectivity index (χ1n) is 8.66. The minimum Gasteiger partial charge on any atom is -0.283 e. The van der Waals surface area contributed by atoms with Crippen molar-refractivity contribution in [2.24, 2.45) is 5.10 Å². The normalized spacial score (nSPS) is 12.2. The molecule has 0 heterocycles. The van der Waals surface area contributed by atoms with Crippen molar-refractivity contribution in [1.82, 2.24) is 5.01 Å². The van der Waals surface area contributed by atoms with Gasteiger partial charge in [-0.25, -0.2) is 13.4 Å². The van der Waals surface area contributed by atoms with E-state index in [0.29, 0.717) is 24.1 Å². The molecule has 0 aromatic heterocycles. The first-order valence-corrected chi connectivity index (χ1v) is 10.7. The monoisotopic (exact) mass is 380 g/mol. The fraction of sp³-hybridized carbons (Fsp3) is 0.526. The molecule has 0 saturated heterocycles. The van der Waals surface area contributed by atoms with Crippen LogP contribution in [0, 0.1) is 6.92 Å². The van der Waals surface area contributed by atoms with Crippen LogP contribution in [0.3, 0.4) is 0 Å². The van der Waals surface area contributed by atoms with Gasteiger partial charge in [0, 0.05) is 31.0 Å². The largest absolute Gasteiger partial charge is 0.314 e. The van der Waals surface area contributed by atoms with E-state index in [0.717, 1.165) is 28.0 Å². The lowest BCUT2D eigenvalue weighted by Gasteiger charge is -2.16. The maximum Gasteiger partial charge on any atom is 0.314 e. The molecular formula is C19H28N2O4S. The molecule has 26 heavy (non-hydrogen) atoms. The Morgan fingerprint density at radius 1 is 1.12 bits per heavy atom. The number of aryl methyl sites for hydroxylation is 3. The molecule has 0 spiro atoms. The highest BCUT2D eigenvalue weighted by Crippen LogP contribution is 2.21. The molecule has 0 bridgehead atoms. The van der Waals surface area contributed by atoms with E-state index in [1.165, 1.54) is 7.05 Å². The number of Topliss-reactive ketones (excluding diaryl/α,β-unsaturated/α-hetero) is 1. The molecule has 7 heteroatoms. The van der Waals surface area contributed by atoms with Gasteiger partial charge in [-0.15, -0.1) is 0 Å². The molecule has 0 radical (unpaired) electrons. The molecule has 1 aromatic carbocycles. The summed E-state index contributed by atoms with van der Waals surface area (Å²) < 4.78 is 22.5. The molecule has 0 atom stereocenters. The van der Waals surface area contributed by atoms with Crippen LogP contribution in [0.2, 0.25) is 0 Å². The number of hydrogen-bond acceptors (Lipinski definition) is 5. The Balaban J connectivity index is 3.09. The number of benzene rings is 1. The number of rotatable bonds is 8. The molecule has 1 rings (SSSR count). The van der Waals surface area contributed by atoms with E-state index in [-0.39, 0.29) is 12.2 Å². The zero-order valence-corrected chi connectivity index (χ0v) is 17.2. The lowest BCUT2D eigenvalue weighted by Crippen LogP contribution is -2.31. The smallest absolute Gasteiger partial charge is 0.283 e. The summed E-state index contributed by atoms with van der Waals surface area (Å²) in [6.45, 7) is 7.51. The van der Waals surface area contributed by atoms with Crippen LogP contribution in [0.25, 0.3) is 0 Å². The Bertz CT molecular complexity index is 801. The predicted molar refractivity (Wildman–Crippen MR) is 104 cm³/mol. The zero-order chi connectivity index (χ0) is 20.1.